The van der Waals surface area contributed by atoms with Crippen LogP contribution in [0.15, 0.2) is 54.7 Å². The second kappa shape index (κ2) is 8.17. The average Bonchev–Trinajstić information content (AvgIpc) is 3.16. The summed E-state index contributed by atoms with van der Waals surface area (Å²) < 4.78 is 1.89. The summed E-state index contributed by atoms with van der Waals surface area (Å²) in [4.78, 5) is 13.1. The fourth-order valence-electron chi connectivity index (χ4n) is 3.64. The lowest BCUT2D eigenvalue weighted by molar-refractivity contribution is 0.102. The molecule has 3 aromatic rings. The minimum atomic E-state index is -0.127. The van der Waals surface area contributed by atoms with Gasteiger partial charge in [-0.1, -0.05) is 29.3 Å². The first-order valence-electron chi connectivity index (χ1n) is 9.54. The minimum absolute atomic E-state index is 0.127. The maximum absolute atomic E-state index is 13.1. The van der Waals surface area contributed by atoms with E-state index in [1.165, 1.54) is 0 Å². The van der Waals surface area contributed by atoms with Gasteiger partial charge < -0.3 is 10.6 Å². The zero-order valence-corrected chi connectivity index (χ0v) is 16.5. The van der Waals surface area contributed by atoms with Crippen molar-refractivity contribution in [1.29, 1.82) is 0 Å². The maximum Gasteiger partial charge on any atom is 0.259 e. The number of carbonyl (C=O) groups is 1. The molecule has 1 aromatic heterocycles. The highest BCUT2D eigenvalue weighted by atomic mass is 35.5. The Balaban J connectivity index is 1.70. The van der Waals surface area contributed by atoms with Crippen molar-refractivity contribution < 1.29 is 4.79 Å². The Hall–Kier alpha value is -2.63. The van der Waals surface area contributed by atoms with Crippen molar-refractivity contribution in [3.05, 3.63) is 76.6 Å². The molecule has 1 saturated heterocycles. The average molecular weight is 395 g/mol. The van der Waals surface area contributed by atoms with Crippen LogP contribution in [0.1, 0.15) is 40.4 Å². The number of carbonyl (C=O) groups excluding carboxylic acids is 1. The van der Waals surface area contributed by atoms with E-state index in [1.54, 1.807) is 6.20 Å². The molecule has 0 atom stereocenters. The Labute approximate surface area is 169 Å². The van der Waals surface area contributed by atoms with E-state index in [0.717, 1.165) is 48.6 Å². The number of hydrogen-bond donors (Lipinski definition) is 2. The SMILES string of the molecule is Cc1ccc(NC(=O)c2cnn(-c3ccc(Cl)cc3)c2C2CCNCC2)cc1. The monoisotopic (exact) mass is 394 g/mol. The molecular formula is C22H23ClN4O. The van der Waals surface area contributed by atoms with E-state index in [0.29, 0.717) is 10.6 Å². The highest BCUT2D eigenvalue weighted by Gasteiger charge is 2.27. The second-order valence-corrected chi connectivity index (χ2v) is 7.61. The number of hydrogen-bond acceptors (Lipinski definition) is 3. The van der Waals surface area contributed by atoms with Gasteiger partial charge in [0.2, 0.25) is 0 Å². The van der Waals surface area contributed by atoms with Gasteiger partial charge in [-0.25, -0.2) is 4.68 Å². The zero-order chi connectivity index (χ0) is 19.5. The molecule has 0 saturated carbocycles. The third-order valence-corrected chi connectivity index (χ3v) is 5.41. The molecule has 144 valence electrons. The number of nitrogens with one attached hydrogen (secondary N) is 2. The van der Waals surface area contributed by atoms with E-state index < -0.39 is 0 Å². The van der Waals surface area contributed by atoms with Crippen molar-refractivity contribution in [2.75, 3.05) is 18.4 Å². The summed E-state index contributed by atoms with van der Waals surface area (Å²) in [7, 11) is 0. The topological polar surface area (TPSA) is 59.0 Å². The third kappa shape index (κ3) is 3.96. The second-order valence-electron chi connectivity index (χ2n) is 7.18. The molecule has 2 N–H and O–H groups in total. The fraction of sp³-hybridized carbons (Fsp3) is 0.273. The minimum Gasteiger partial charge on any atom is -0.322 e. The number of benzene rings is 2. The maximum atomic E-state index is 13.1. The van der Waals surface area contributed by atoms with Crippen LogP contribution < -0.4 is 10.6 Å². The number of halogens is 1. The molecule has 1 aliphatic heterocycles. The van der Waals surface area contributed by atoms with Crippen molar-refractivity contribution >= 4 is 23.2 Å². The molecular weight excluding hydrogens is 372 g/mol. The van der Waals surface area contributed by atoms with E-state index in [9.17, 15) is 4.79 Å². The van der Waals surface area contributed by atoms with Crippen molar-refractivity contribution in [2.45, 2.75) is 25.7 Å². The molecule has 28 heavy (non-hydrogen) atoms. The summed E-state index contributed by atoms with van der Waals surface area (Å²) in [6.45, 7) is 3.90. The van der Waals surface area contributed by atoms with Gasteiger partial charge in [-0.05, 0) is 69.3 Å². The molecule has 1 aliphatic rings. The molecule has 0 bridgehead atoms. The van der Waals surface area contributed by atoms with Crippen LogP contribution in [-0.4, -0.2) is 28.8 Å². The van der Waals surface area contributed by atoms with E-state index in [1.807, 2.05) is 60.1 Å². The summed E-state index contributed by atoms with van der Waals surface area (Å²) in [5.41, 5.74) is 4.44. The first-order chi connectivity index (χ1) is 13.6. The quantitative estimate of drug-likeness (QED) is 0.682. The number of anilines is 1. The number of nitrogens with zero attached hydrogens (tertiary/aromatic N) is 2. The summed E-state index contributed by atoms with van der Waals surface area (Å²) in [5, 5.41) is 11.6. The van der Waals surface area contributed by atoms with Crippen molar-refractivity contribution in [2.24, 2.45) is 0 Å². The van der Waals surface area contributed by atoms with Crippen LogP contribution in [-0.2, 0) is 0 Å². The Kier molecular flexibility index (Phi) is 5.46. The van der Waals surface area contributed by atoms with Gasteiger partial charge in [0.25, 0.3) is 5.91 Å². The van der Waals surface area contributed by atoms with Crippen LogP contribution in [0.4, 0.5) is 5.69 Å². The normalized spacial score (nSPS) is 14.8. The lowest BCUT2D eigenvalue weighted by Crippen LogP contribution is -2.29. The van der Waals surface area contributed by atoms with Gasteiger partial charge in [0, 0.05) is 16.6 Å². The first kappa shape index (κ1) is 18.7. The Morgan fingerprint density at radius 3 is 2.46 bits per heavy atom. The molecule has 0 aliphatic carbocycles. The van der Waals surface area contributed by atoms with Crippen molar-refractivity contribution in [3.63, 3.8) is 0 Å². The van der Waals surface area contributed by atoms with Gasteiger partial charge in [0.15, 0.2) is 0 Å². The molecule has 6 heteroatoms. The van der Waals surface area contributed by atoms with Gasteiger partial charge >= 0.3 is 0 Å². The highest BCUT2D eigenvalue weighted by Crippen LogP contribution is 2.31. The van der Waals surface area contributed by atoms with Crippen LogP contribution in [0.25, 0.3) is 5.69 Å². The van der Waals surface area contributed by atoms with Crippen molar-refractivity contribution in [3.8, 4) is 5.69 Å². The molecule has 4 rings (SSSR count). The molecule has 2 heterocycles. The lowest BCUT2D eigenvalue weighted by atomic mass is 9.91. The van der Waals surface area contributed by atoms with Crippen molar-refractivity contribution in [1.82, 2.24) is 15.1 Å². The van der Waals surface area contributed by atoms with E-state index in [2.05, 4.69) is 15.7 Å². The molecule has 5 nitrogen and oxygen atoms in total. The van der Waals surface area contributed by atoms with Crippen LogP contribution in [0.5, 0.6) is 0 Å². The van der Waals surface area contributed by atoms with Gasteiger partial charge in [-0.3, -0.25) is 4.79 Å². The first-order valence-corrected chi connectivity index (χ1v) is 9.92. The highest BCUT2D eigenvalue weighted by molar-refractivity contribution is 6.30. The number of rotatable bonds is 4. The summed E-state index contributed by atoms with van der Waals surface area (Å²) in [5.74, 6) is 0.149. The van der Waals surface area contributed by atoms with Gasteiger partial charge in [-0.15, -0.1) is 0 Å². The van der Waals surface area contributed by atoms with Gasteiger partial charge in [0.1, 0.15) is 0 Å². The fourth-order valence-corrected chi connectivity index (χ4v) is 3.77. The predicted octanol–water partition coefficient (Wildman–Crippen LogP) is 4.55. The van der Waals surface area contributed by atoms with Gasteiger partial charge in [-0.2, -0.15) is 5.10 Å². The standard InChI is InChI=1S/C22H23ClN4O/c1-15-2-6-18(7-3-15)26-22(28)20-14-25-27(19-8-4-17(23)5-9-19)21(20)16-10-12-24-13-11-16/h2-9,14,16,24H,10-13H2,1H3,(H,26,28). The molecule has 2 aromatic carbocycles. The Bertz CT molecular complexity index is 957. The summed E-state index contributed by atoms with van der Waals surface area (Å²) >= 11 is 6.04. The van der Waals surface area contributed by atoms with Crippen LogP contribution in [0.2, 0.25) is 5.02 Å². The summed E-state index contributed by atoms with van der Waals surface area (Å²) in [6, 6.07) is 15.4. The van der Waals surface area contributed by atoms with Crippen LogP contribution >= 0.6 is 11.6 Å². The molecule has 1 amide bonds. The van der Waals surface area contributed by atoms with Crippen LogP contribution in [0.3, 0.4) is 0 Å². The van der Waals surface area contributed by atoms with Gasteiger partial charge in [0.05, 0.1) is 23.1 Å². The zero-order valence-electron chi connectivity index (χ0n) is 15.8. The van der Waals surface area contributed by atoms with E-state index in [-0.39, 0.29) is 11.8 Å². The molecule has 0 radical (unpaired) electrons. The van der Waals surface area contributed by atoms with Crippen LogP contribution in [0, 0.1) is 6.92 Å². The number of piperidine rings is 1. The lowest BCUT2D eigenvalue weighted by Gasteiger charge is -2.24. The largest absolute Gasteiger partial charge is 0.322 e. The number of amides is 1. The van der Waals surface area contributed by atoms with E-state index >= 15 is 0 Å². The number of aromatic nitrogens is 2. The smallest absolute Gasteiger partial charge is 0.259 e. The van der Waals surface area contributed by atoms with E-state index in [4.69, 9.17) is 11.6 Å². The third-order valence-electron chi connectivity index (χ3n) is 5.16. The number of aryl methyl sites for hydroxylation is 1. The summed E-state index contributed by atoms with van der Waals surface area (Å²) in [6.07, 6.45) is 3.63. The molecule has 1 fully saturated rings. The Morgan fingerprint density at radius 1 is 1.11 bits per heavy atom. The molecule has 0 spiro atoms. The molecule has 0 unspecified atom stereocenters. The Morgan fingerprint density at radius 2 is 1.79 bits per heavy atom. The predicted molar refractivity (Wildman–Crippen MR) is 113 cm³/mol.